The molecule has 0 aromatic heterocycles. The lowest BCUT2D eigenvalue weighted by Crippen LogP contribution is -2.17. The molecule has 0 saturated carbocycles. The Hall–Kier alpha value is -3.31. The fourth-order valence-electron chi connectivity index (χ4n) is 3.19. The molecule has 0 unspecified atom stereocenters. The first-order valence-corrected chi connectivity index (χ1v) is 9.50. The van der Waals surface area contributed by atoms with E-state index in [1.807, 2.05) is 42.5 Å². The first-order chi connectivity index (χ1) is 14.0. The second-order valence-corrected chi connectivity index (χ2v) is 7.09. The van der Waals surface area contributed by atoms with E-state index in [9.17, 15) is 9.90 Å². The number of carbonyl (C=O) groups is 1. The van der Waals surface area contributed by atoms with Crippen LogP contribution in [-0.2, 0) is 24.3 Å². The zero-order chi connectivity index (χ0) is 20.6. The number of ether oxygens (including phenoxy) is 1. The van der Waals surface area contributed by atoms with Gasteiger partial charge in [0.05, 0.1) is 13.5 Å². The van der Waals surface area contributed by atoms with Gasteiger partial charge in [-0.15, -0.1) is 0 Å². The molecule has 0 aliphatic carbocycles. The average Bonchev–Trinajstić information content (AvgIpc) is 2.70. The topological polar surface area (TPSA) is 61.8 Å². The minimum Gasteiger partial charge on any atom is -0.504 e. The highest BCUT2D eigenvalue weighted by atomic mass is 16.5. The van der Waals surface area contributed by atoms with Gasteiger partial charge in [-0.25, -0.2) is 0 Å². The summed E-state index contributed by atoms with van der Waals surface area (Å²) < 4.78 is 5.02. The molecule has 0 atom stereocenters. The summed E-state index contributed by atoms with van der Waals surface area (Å²) in [4.78, 5) is 14.5. The van der Waals surface area contributed by atoms with Crippen molar-refractivity contribution in [2.75, 3.05) is 19.5 Å². The summed E-state index contributed by atoms with van der Waals surface area (Å²) in [7, 11) is 3.58. The van der Waals surface area contributed by atoms with Gasteiger partial charge in [0, 0.05) is 18.8 Å². The molecule has 0 radical (unpaired) electrons. The van der Waals surface area contributed by atoms with Crippen LogP contribution in [0.5, 0.6) is 11.5 Å². The lowest BCUT2D eigenvalue weighted by Gasteiger charge is -2.17. The fraction of sp³-hybridized carbons (Fsp3) is 0.208. The maximum atomic E-state index is 12.3. The molecule has 150 valence electrons. The van der Waals surface area contributed by atoms with E-state index in [2.05, 4.69) is 29.4 Å². The van der Waals surface area contributed by atoms with Crippen molar-refractivity contribution in [2.45, 2.75) is 19.5 Å². The van der Waals surface area contributed by atoms with Crippen LogP contribution < -0.4 is 10.1 Å². The number of rotatable bonds is 8. The molecule has 3 aromatic carbocycles. The van der Waals surface area contributed by atoms with Gasteiger partial charge in [0.2, 0.25) is 5.91 Å². The van der Waals surface area contributed by atoms with Gasteiger partial charge in [0.1, 0.15) is 0 Å². The third-order valence-corrected chi connectivity index (χ3v) is 4.59. The molecular formula is C24H26N2O3. The van der Waals surface area contributed by atoms with Crippen LogP contribution in [0, 0.1) is 0 Å². The lowest BCUT2D eigenvalue weighted by molar-refractivity contribution is -0.115. The van der Waals surface area contributed by atoms with E-state index in [-0.39, 0.29) is 18.1 Å². The van der Waals surface area contributed by atoms with Crippen LogP contribution in [0.15, 0.2) is 72.8 Å². The van der Waals surface area contributed by atoms with Gasteiger partial charge >= 0.3 is 0 Å². The molecule has 0 aliphatic rings. The molecule has 1 amide bonds. The average molecular weight is 390 g/mol. The molecule has 29 heavy (non-hydrogen) atoms. The molecule has 5 nitrogen and oxygen atoms in total. The summed E-state index contributed by atoms with van der Waals surface area (Å²) in [6.45, 7) is 1.71. The number of carbonyl (C=O) groups excluding carboxylic acids is 1. The molecule has 3 rings (SSSR count). The van der Waals surface area contributed by atoms with E-state index in [0.29, 0.717) is 5.75 Å². The van der Waals surface area contributed by atoms with Crippen LogP contribution >= 0.6 is 0 Å². The van der Waals surface area contributed by atoms with E-state index in [1.54, 1.807) is 18.2 Å². The SMILES string of the molecule is COc1ccc(CC(=O)Nc2ccc(CN(C)Cc3ccccc3)cc2)cc1O. The summed E-state index contributed by atoms with van der Waals surface area (Å²) >= 11 is 0. The molecule has 5 heteroatoms. The Morgan fingerprint density at radius 2 is 1.55 bits per heavy atom. The minimum absolute atomic E-state index is 0.0294. The Morgan fingerprint density at radius 3 is 2.17 bits per heavy atom. The molecule has 0 aliphatic heterocycles. The predicted octanol–water partition coefficient (Wildman–Crippen LogP) is 4.21. The van der Waals surface area contributed by atoms with E-state index in [1.165, 1.54) is 18.2 Å². The summed E-state index contributed by atoms with van der Waals surface area (Å²) in [5.74, 6) is 0.285. The normalized spacial score (nSPS) is 10.7. The molecule has 0 saturated heterocycles. The Morgan fingerprint density at radius 1 is 0.931 bits per heavy atom. The standard InChI is InChI=1S/C24H26N2O3/c1-26(16-18-6-4-3-5-7-18)17-19-8-11-21(12-9-19)25-24(28)15-20-10-13-23(29-2)22(27)14-20/h3-14,27H,15-17H2,1-2H3,(H,25,28). The molecule has 0 bridgehead atoms. The van der Waals surface area contributed by atoms with E-state index >= 15 is 0 Å². The van der Waals surface area contributed by atoms with Crippen molar-refractivity contribution in [3.63, 3.8) is 0 Å². The van der Waals surface area contributed by atoms with E-state index < -0.39 is 0 Å². The number of phenolic OH excluding ortho intramolecular Hbond substituents is 1. The van der Waals surface area contributed by atoms with Crippen molar-refractivity contribution >= 4 is 11.6 Å². The van der Waals surface area contributed by atoms with Gasteiger partial charge in [0.15, 0.2) is 11.5 Å². The van der Waals surface area contributed by atoms with Gasteiger partial charge in [-0.1, -0.05) is 48.5 Å². The molecule has 0 fully saturated rings. The minimum atomic E-state index is -0.136. The first-order valence-electron chi connectivity index (χ1n) is 9.50. The molecule has 0 spiro atoms. The van der Waals surface area contributed by atoms with Crippen molar-refractivity contribution < 1.29 is 14.6 Å². The maximum Gasteiger partial charge on any atom is 0.228 e. The number of hydrogen-bond donors (Lipinski definition) is 2. The predicted molar refractivity (Wildman–Crippen MR) is 115 cm³/mol. The highest BCUT2D eigenvalue weighted by Crippen LogP contribution is 2.26. The summed E-state index contributed by atoms with van der Waals surface area (Å²) in [5, 5.41) is 12.7. The number of amides is 1. The number of aromatic hydroxyl groups is 1. The second kappa shape index (κ2) is 9.75. The Labute approximate surface area is 171 Å². The van der Waals surface area contributed by atoms with Crippen LogP contribution in [0.3, 0.4) is 0 Å². The zero-order valence-electron chi connectivity index (χ0n) is 16.8. The molecule has 2 N–H and O–H groups in total. The van der Waals surface area contributed by atoms with Gasteiger partial charge in [-0.3, -0.25) is 9.69 Å². The number of nitrogens with zero attached hydrogens (tertiary/aromatic N) is 1. The van der Waals surface area contributed by atoms with E-state index in [4.69, 9.17) is 4.74 Å². The van der Waals surface area contributed by atoms with Crippen LogP contribution in [0.2, 0.25) is 0 Å². The number of methoxy groups -OCH3 is 1. The van der Waals surface area contributed by atoms with Crippen molar-refractivity contribution in [1.82, 2.24) is 4.90 Å². The van der Waals surface area contributed by atoms with Crippen LogP contribution in [0.25, 0.3) is 0 Å². The number of benzene rings is 3. The smallest absolute Gasteiger partial charge is 0.228 e. The Bertz CT molecular complexity index is 940. The number of hydrogen-bond acceptors (Lipinski definition) is 4. The lowest BCUT2D eigenvalue weighted by atomic mass is 10.1. The second-order valence-electron chi connectivity index (χ2n) is 7.09. The van der Waals surface area contributed by atoms with Crippen LogP contribution in [0.4, 0.5) is 5.69 Å². The number of nitrogens with one attached hydrogen (secondary N) is 1. The molecule has 0 heterocycles. The largest absolute Gasteiger partial charge is 0.504 e. The maximum absolute atomic E-state index is 12.3. The fourth-order valence-corrected chi connectivity index (χ4v) is 3.19. The van der Waals surface area contributed by atoms with E-state index in [0.717, 1.165) is 24.3 Å². The third-order valence-electron chi connectivity index (χ3n) is 4.59. The van der Waals surface area contributed by atoms with Gasteiger partial charge in [-0.05, 0) is 48.0 Å². The van der Waals surface area contributed by atoms with Crippen LogP contribution in [-0.4, -0.2) is 30.1 Å². The van der Waals surface area contributed by atoms with Gasteiger partial charge in [-0.2, -0.15) is 0 Å². The van der Waals surface area contributed by atoms with Crippen molar-refractivity contribution in [3.05, 3.63) is 89.5 Å². The van der Waals surface area contributed by atoms with Crippen molar-refractivity contribution in [1.29, 1.82) is 0 Å². The number of anilines is 1. The van der Waals surface area contributed by atoms with Crippen molar-refractivity contribution in [2.24, 2.45) is 0 Å². The Balaban J connectivity index is 1.52. The van der Waals surface area contributed by atoms with Crippen molar-refractivity contribution in [3.8, 4) is 11.5 Å². The quantitative estimate of drug-likeness (QED) is 0.605. The van der Waals surface area contributed by atoms with Gasteiger partial charge < -0.3 is 15.2 Å². The molecular weight excluding hydrogens is 364 g/mol. The number of phenols is 1. The summed E-state index contributed by atoms with van der Waals surface area (Å²) in [5.41, 5.74) is 3.94. The van der Waals surface area contributed by atoms with Gasteiger partial charge in [0.25, 0.3) is 0 Å². The first kappa shape index (κ1) is 20.4. The zero-order valence-corrected chi connectivity index (χ0v) is 16.8. The highest BCUT2D eigenvalue weighted by Gasteiger charge is 2.08. The Kier molecular flexibility index (Phi) is 6.87. The summed E-state index contributed by atoms with van der Waals surface area (Å²) in [6.07, 6.45) is 0.180. The highest BCUT2D eigenvalue weighted by molar-refractivity contribution is 5.92. The summed E-state index contributed by atoms with van der Waals surface area (Å²) in [6, 6.07) is 23.2. The molecule has 3 aromatic rings. The monoisotopic (exact) mass is 390 g/mol. The third kappa shape index (κ3) is 6.09. The van der Waals surface area contributed by atoms with Crippen LogP contribution in [0.1, 0.15) is 16.7 Å².